The molecule has 1 heterocycles. The third-order valence-electron chi connectivity index (χ3n) is 2.85. The average molecular weight is 425 g/mol. The van der Waals surface area contributed by atoms with Gasteiger partial charge in [0.15, 0.2) is 0 Å². The number of benzene rings is 1. The first-order valence-electron chi connectivity index (χ1n) is 5.78. The molecule has 1 saturated heterocycles. The van der Waals surface area contributed by atoms with Gasteiger partial charge in [-0.25, -0.2) is 13.1 Å². The summed E-state index contributed by atoms with van der Waals surface area (Å²) in [6.07, 6.45) is 1.74. The molecule has 1 aliphatic heterocycles. The Bertz CT molecular complexity index is 554. The number of halogens is 4. The third-order valence-corrected chi connectivity index (χ3v) is 5.75. The Kier molecular flexibility index (Phi) is 7.05. The predicted molar refractivity (Wildman–Crippen MR) is 87.6 cm³/mol. The summed E-state index contributed by atoms with van der Waals surface area (Å²) in [5, 5.41) is 3.36. The molecule has 1 aliphatic rings. The molecule has 4 nitrogen and oxygen atoms in total. The fraction of sp³-hybridized carbons (Fsp3) is 0.455. The highest BCUT2D eigenvalue weighted by Crippen LogP contribution is 2.32. The van der Waals surface area contributed by atoms with Crippen LogP contribution >= 0.6 is 51.5 Å². The molecule has 2 N–H and O–H groups in total. The van der Waals surface area contributed by atoms with Crippen molar-refractivity contribution in [3.63, 3.8) is 0 Å². The van der Waals surface area contributed by atoms with E-state index in [0.29, 0.717) is 11.0 Å². The summed E-state index contributed by atoms with van der Waals surface area (Å²) in [4.78, 5) is -0.0652. The Labute approximate surface area is 143 Å². The zero-order valence-corrected chi connectivity index (χ0v) is 15.1. The number of sulfonamides is 1. The number of hydrogen-bond donors (Lipinski definition) is 2. The molecule has 0 bridgehead atoms. The maximum atomic E-state index is 12.3. The van der Waals surface area contributed by atoms with Crippen LogP contribution in [0.3, 0.4) is 0 Å². The molecule has 9 heteroatoms. The van der Waals surface area contributed by atoms with Crippen molar-refractivity contribution in [3.8, 4) is 0 Å². The predicted octanol–water partition coefficient (Wildman–Crippen LogP) is 3.21. The normalized spacial score (nSPS) is 19.4. The highest BCUT2D eigenvalue weighted by atomic mass is 79.9. The zero-order valence-electron chi connectivity index (χ0n) is 10.3. The van der Waals surface area contributed by atoms with Gasteiger partial charge in [0.2, 0.25) is 10.0 Å². The molecule has 2 rings (SSSR count). The highest BCUT2D eigenvalue weighted by Gasteiger charge is 2.26. The van der Waals surface area contributed by atoms with Crippen molar-refractivity contribution in [2.75, 3.05) is 13.1 Å². The van der Waals surface area contributed by atoms with Crippen molar-refractivity contribution in [3.05, 3.63) is 26.7 Å². The molecular weight excluding hydrogens is 410 g/mol. The van der Waals surface area contributed by atoms with Crippen molar-refractivity contribution in [2.24, 2.45) is 0 Å². The van der Waals surface area contributed by atoms with Crippen molar-refractivity contribution < 1.29 is 8.42 Å². The summed E-state index contributed by atoms with van der Waals surface area (Å²) in [7, 11) is -3.71. The minimum atomic E-state index is -3.71. The maximum absolute atomic E-state index is 12.3. The molecule has 0 aromatic heterocycles. The first-order valence-corrected chi connectivity index (χ1v) is 8.81. The molecule has 0 saturated carbocycles. The van der Waals surface area contributed by atoms with Crippen molar-refractivity contribution in [1.82, 2.24) is 10.0 Å². The van der Waals surface area contributed by atoms with Crippen LogP contribution in [0.5, 0.6) is 0 Å². The van der Waals surface area contributed by atoms with Crippen LogP contribution in [0, 0.1) is 0 Å². The van der Waals surface area contributed by atoms with E-state index >= 15 is 0 Å². The van der Waals surface area contributed by atoms with Gasteiger partial charge in [-0.05, 0) is 31.5 Å². The Morgan fingerprint density at radius 2 is 1.90 bits per heavy atom. The lowest BCUT2D eigenvalue weighted by atomic mass is 10.1. The quantitative estimate of drug-likeness (QED) is 0.783. The zero-order chi connectivity index (χ0) is 14.0. The minimum Gasteiger partial charge on any atom is -0.315 e. The number of rotatable bonds is 3. The first kappa shape index (κ1) is 18.5. The van der Waals surface area contributed by atoms with E-state index < -0.39 is 10.0 Å². The smallest absolute Gasteiger partial charge is 0.243 e. The van der Waals surface area contributed by atoms with Crippen molar-refractivity contribution in [2.45, 2.75) is 23.8 Å². The molecule has 0 amide bonds. The van der Waals surface area contributed by atoms with E-state index in [1.807, 2.05) is 0 Å². The van der Waals surface area contributed by atoms with Gasteiger partial charge in [0.25, 0.3) is 0 Å². The van der Waals surface area contributed by atoms with Crippen LogP contribution in [-0.4, -0.2) is 27.5 Å². The average Bonchev–Trinajstić information content (AvgIpc) is 2.27. The van der Waals surface area contributed by atoms with Gasteiger partial charge < -0.3 is 5.32 Å². The van der Waals surface area contributed by atoms with E-state index in [1.165, 1.54) is 12.1 Å². The number of nitrogens with one attached hydrogen (secondary N) is 2. The van der Waals surface area contributed by atoms with Gasteiger partial charge >= 0.3 is 0 Å². The van der Waals surface area contributed by atoms with Crippen LogP contribution in [0.1, 0.15) is 12.8 Å². The molecule has 0 unspecified atom stereocenters. The molecule has 20 heavy (non-hydrogen) atoms. The molecule has 0 spiro atoms. The molecule has 1 fully saturated rings. The van der Waals surface area contributed by atoms with E-state index in [0.717, 1.165) is 19.4 Å². The second-order valence-corrected chi connectivity index (χ2v) is 7.74. The van der Waals surface area contributed by atoms with Gasteiger partial charge in [-0.1, -0.05) is 39.1 Å². The minimum absolute atomic E-state index is 0. The lowest BCUT2D eigenvalue weighted by Gasteiger charge is -2.24. The SMILES string of the molecule is Cl.O=S(=O)(N[C@H]1CCCNC1)c1c(Cl)cc(Br)cc1Cl. The fourth-order valence-corrected chi connectivity index (χ4v) is 5.22. The maximum Gasteiger partial charge on any atom is 0.243 e. The van der Waals surface area contributed by atoms with Gasteiger partial charge in [0.1, 0.15) is 4.90 Å². The standard InChI is InChI=1S/C11H13BrCl2N2O2S.ClH/c12-7-4-9(13)11(10(14)5-7)19(17,18)16-8-2-1-3-15-6-8;/h4-5,8,15-16H,1-3,6H2;1H/t8-;/m0./s1. The van der Waals surface area contributed by atoms with Gasteiger partial charge in [0.05, 0.1) is 10.0 Å². The first-order chi connectivity index (χ1) is 8.90. The summed E-state index contributed by atoms with van der Waals surface area (Å²) in [6, 6.07) is 2.90. The summed E-state index contributed by atoms with van der Waals surface area (Å²) in [5.41, 5.74) is 0. The van der Waals surface area contributed by atoms with Crippen LogP contribution < -0.4 is 10.0 Å². The van der Waals surface area contributed by atoms with Gasteiger partial charge in [-0.2, -0.15) is 0 Å². The van der Waals surface area contributed by atoms with Gasteiger partial charge in [-0.15, -0.1) is 12.4 Å². The summed E-state index contributed by atoms with van der Waals surface area (Å²) in [6.45, 7) is 1.53. The number of piperidine rings is 1. The highest BCUT2D eigenvalue weighted by molar-refractivity contribution is 9.10. The van der Waals surface area contributed by atoms with Crippen molar-refractivity contribution >= 4 is 61.6 Å². The number of hydrogen-bond acceptors (Lipinski definition) is 3. The van der Waals surface area contributed by atoms with E-state index in [2.05, 4.69) is 26.0 Å². The largest absolute Gasteiger partial charge is 0.315 e. The van der Waals surface area contributed by atoms with E-state index in [4.69, 9.17) is 23.2 Å². The fourth-order valence-electron chi connectivity index (χ4n) is 2.02. The monoisotopic (exact) mass is 422 g/mol. The Balaban J connectivity index is 0.00000200. The summed E-state index contributed by atoms with van der Waals surface area (Å²) < 4.78 is 27.9. The topological polar surface area (TPSA) is 58.2 Å². The second kappa shape index (κ2) is 7.63. The summed E-state index contributed by atoms with van der Waals surface area (Å²) in [5.74, 6) is 0. The van der Waals surface area contributed by atoms with E-state index in [1.54, 1.807) is 0 Å². The molecule has 114 valence electrons. The van der Waals surface area contributed by atoms with E-state index in [9.17, 15) is 8.42 Å². The van der Waals surface area contributed by atoms with Crippen molar-refractivity contribution in [1.29, 1.82) is 0 Å². The molecule has 1 aromatic carbocycles. The van der Waals surface area contributed by atoms with E-state index in [-0.39, 0.29) is 33.4 Å². The van der Waals surface area contributed by atoms with Crippen LogP contribution in [0.25, 0.3) is 0 Å². The molecule has 1 aromatic rings. The van der Waals surface area contributed by atoms with Crippen LogP contribution in [0.4, 0.5) is 0 Å². The Morgan fingerprint density at radius 1 is 1.30 bits per heavy atom. The molecule has 0 aliphatic carbocycles. The summed E-state index contributed by atoms with van der Waals surface area (Å²) >= 11 is 15.2. The van der Waals surface area contributed by atoms with Crippen LogP contribution in [0.2, 0.25) is 10.0 Å². The van der Waals surface area contributed by atoms with Gasteiger partial charge in [0, 0.05) is 17.1 Å². The van der Waals surface area contributed by atoms with Crippen LogP contribution in [0.15, 0.2) is 21.5 Å². The van der Waals surface area contributed by atoms with Gasteiger partial charge in [-0.3, -0.25) is 0 Å². The Hall–Kier alpha value is 0.440. The third kappa shape index (κ3) is 4.47. The second-order valence-electron chi connectivity index (χ2n) is 4.36. The molecular formula is C11H14BrCl3N2O2S. The Morgan fingerprint density at radius 3 is 2.40 bits per heavy atom. The van der Waals surface area contributed by atoms with Crippen LogP contribution in [-0.2, 0) is 10.0 Å². The lowest BCUT2D eigenvalue weighted by molar-refractivity contribution is 0.428. The molecule has 1 atom stereocenters. The molecule has 0 radical (unpaired) electrons. The lowest BCUT2D eigenvalue weighted by Crippen LogP contribution is -2.45.